The third-order valence-corrected chi connectivity index (χ3v) is 4.23. The van der Waals surface area contributed by atoms with Gasteiger partial charge >= 0.3 is 0 Å². The fourth-order valence-electron chi connectivity index (χ4n) is 2.19. The van der Waals surface area contributed by atoms with E-state index in [1.165, 1.54) is 23.5 Å². The van der Waals surface area contributed by atoms with Gasteiger partial charge in [0, 0.05) is 5.69 Å². The zero-order chi connectivity index (χ0) is 17.8. The Morgan fingerprint density at radius 3 is 2.64 bits per heavy atom. The van der Waals surface area contributed by atoms with E-state index in [1.54, 1.807) is 29.2 Å². The van der Waals surface area contributed by atoms with E-state index in [1.807, 2.05) is 25.3 Å². The first-order valence-electron chi connectivity index (χ1n) is 7.67. The predicted octanol–water partition coefficient (Wildman–Crippen LogP) is 5.44. The summed E-state index contributed by atoms with van der Waals surface area (Å²) in [5.41, 5.74) is 0.813. The lowest BCUT2D eigenvalue weighted by Gasteiger charge is -2.04. The van der Waals surface area contributed by atoms with Crippen LogP contribution in [-0.4, -0.2) is 19.5 Å². The number of nitrogens with one attached hydrogen (secondary N) is 1. The van der Waals surface area contributed by atoms with Gasteiger partial charge in [0.25, 0.3) is 0 Å². The lowest BCUT2D eigenvalue weighted by Crippen LogP contribution is -1.96. The van der Waals surface area contributed by atoms with Gasteiger partial charge in [0.1, 0.15) is 28.6 Å². The van der Waals surface area contributed by atoms with Crippen LogP contribution in [0.4, 0.5) is 16.0 Å². The van der Waals surface area contributed by atoms with E-state index in [0.29, 0.717) is 11.6 Å². The maximum absolute atomic E-state index is 13.0. The molecule has 3 heterocycles. The van der Waals surface area contributed by atoms with E-state index in [0.717, 1.165) is 15.9 Å². The normalized spacial score (nSPS) is 10.4. The van der Waals surface area contributed by atoms with Crippen LogP contribution in [0.5, 0.6) is 0 Å². The Hall–Kier alpha value is -2.51. The number of hydrogen-bond acceptors (Lipinski definition) is 5. The standard InChI is InChI=1S/C15H9ClFN5S.C2H6/c16-15-20-13(11-5-6-23-14(11)21-15)19-12-7-22(8-18-12)10-3-1-9(17)2-4-10;1-2/h1-8H,(H,19,20,21);1-2H3. The largest absolute Gasteiger partial charge is 0.323 e. The molecule has 5 nitrogen and oxygen atoms in total. The lowest BCUT2D eigenvalue weighted by molar-refractivity contribution is 0.627. The SMILES string of the molecule is CC.Fc1ccc(-n2cnc(Nc3nc(Cl)nc4sccc34)c2)cc1. The molecule has 8 heteroatoms. The Morgan fingerprint density at radius 1 is 1.12 bits per heavy atom. The summed E-state index contributed by atoms with van der Waals surface area (Å²) in [7, 11) is 0. The van der Waals surface area contributed by atoms with Crippen molar-refractivity contribution in [3.63, 3.8) is 0 Å². The number of anilines is 2. The van der Waals surface area contributed by atoms with Crippen LogP contribution in [0.15, 0.2) is 48.2 Å². The van der Waals surface area contributed by atoms with Crippen molar-refractivity contribution in [2.24, 2.45) is 0 Å². The van der Waals surface area contributed by atoms with Crippen LogP contribution in [0.1, 0.15) is 13.8 Å². The summed E-state index contributed by atoms with van der Waals surface area (Å²) in [6.07, 6.45) is 3.44. The Bertz CT molecular complexity index is 980. The molecule has 0 saturated carbocycles. The number of benzene rings is 1. The van der Waals surface area contributed by atoms with Gasteiger partial charge in [0.15, 0.2) is 0 Å². The molecule has 0 fully saturated rings. The molecular formula is C17H15ClFN5S. The zero-order valence-electron chi connectivity index (χ0n) is 13.6. The molecule has 0 unspecified atom stereocenters. The second kappa shape index (κ2) is 7.58. The van der Waals surface area contributed by atoms with Gasteiger partial charge in [-0.2, -0.15) is 4.98 Å². The molecule has 3 aromatic heterocycles. The molecule has 0 aliphatic carbocycles. The van der Waals surface area contributed by atoms with Crippen molar-refractivity contribution in [1.29, 1.82) is 0 Å². The van der Waals surface area contributed by atoms with Crippen LogP contribution < -0.4 is 5.32 Å². The molecule has 0 aliphatic heterocycles. The summed E-state index contributed by atoms with van der Waals surface area (Å²) >= 11 is 7.44. The average Bonchev–Trinajstić information content (AvgIpc) is 3.27. The first-order valence-corrected chi connectivity index (χ1v) is 8.92. The van der Waals surface area contributed by atoms with Crippen molar-refractivity contribution in [3.8, 4) is 5.69 Å². The number of hydrogen-bond donors (Lipinski definition) is 1. The fourth-order valence-corrected chi connectivity index (χ4v) is 3.17. The number of fused-ring (bicyclic) bond motifs is 1. The van der Waals surface area contributed by atoms with Gasteiger partial charge in [-0.05, 0) is 47.3 Å². The minimum atomic E-state index is -0.275. The summed E-state index contributed by atoms with van der Waals surface area (Å²) in [4.78, 5) is 13.5. The van der Waals surface area contributed by atoms with Crippen molar-refractivity contribution in [1.82, 2.24) is 19.5 Å². The molecule has 25 heavy (non-hydrogen) atoms. The van der Waals surface area contributed by atoms with Crippen molar-refractivity contribution in [3.05, 3.63) is 59.3 Å². The van der Waals surface area contributed by atoms with Gasteiger partial charge in [-0.25, -0.2) is 14.4 Å². The first kappa shape index (κ1) is 17.3. The molecule has 0 bridgehead atoms. The van der Waals surface area contributed by atoms with Crippen molar-refractivity contribution >= 4 is 44.8 Å². The number of halogens is 2. The zero-order valence-corrected chi connectivity index (χ0v) is 15.1. The van der Waals surface area contributed by atoms with Crippen molar-refractivity contribution in [2.75, 3.05) is 5.32 Å². The second-order valence-electron chi connectivity index (χ2n) is 4.75. The molecule has 1 N–H and O–H groups in total. The van der Waals surface area contributed by atoms with Gasteiger partial charge < -0.3 is 9.88 Å². The smallest absolute Gasteiger partial charge is 0.225 e. The second-order valence-corrected chi connectivity index (χ2v) is 5.98. The number of imidazole rings is 1. The predicted molar refractivity (Wildman–Crippen MR) is 101 cm³/mol. The Morgan fingerprint density at radius 2 is 1.88 bits per heavy atom. The van der Waals surface area contributed by atoms with E-state index in [2.05, 4.69) is 20.3 Å². The van der Waals surface area contributed by atoms with Crippen LogP contribution in [0.3, 0.4) is 0 Å². The highest BCUT2D eigenvalue weighted by Gasteiger charge is 2.09. The highest BCUT2D eigenvalue weighted by Crippen LogP contribution is 2.28. The fraction of sp³-hybridized carbons (Fsp3) is 0.118. The number of thiophene rings is 1. The van der Waals surface area contributed by atoms with E-state index in [4.69, 9.17) is 11.6 Å². The molecule has 0 saturated heterocycles. The summed E-state index contributed by atoms with van der Waals surface area (Å²) < 4.78 is 14.8. The van der Waals surface area contributed by atoms with E-state index in [-0.39, 0.29) is 11.1 Å². The van der Waals surface area contributed by atoms with Crippen LogP contribution in [-0.2, 0) is 0 Å². The van der Waals surface area contributed by atoms with Gasteiger partial charge in [-0.3, -0.25) is 0 Å². The molecule has 0 radical (unpaired) electrons. The van der Waals surface area contributed by atoms with Gasteiger partial charge in [0.2, 0.25) is 5.28 Å². The number of nitrogens with zero attached hydrogens (tertiary/aromatic N) is 4. The van der Waals surface area contributed by atoms with E-state index >= 15 is 0 Å². The third kappa shape index (κ3) is 3.78. The third-order valence-electron chi connectivity index (χ3n) is 3.25. The first-order chi connectivity index (χ1) is 12.2. The molecule has 4 aromatic rings. The van der Waals surface area contributed by atoms with Crippen LogP contribution in [0.2, 0.25) is 5.28 Å². The van der Waals surface area contributed by atoms with Crippen LogP contribution in [0.25, 0.3) is 15.9 Å². The van der Waals surface area contributed by atoms with Crippen molar-refractivity contribution in [2.45, 2.75) is 13.8 Å². The molecule has 0 atom stereocenters. The molecule has 0 aliphatic rings. The minimum absolute atomic E-state index is 0.181. The molecule has 4 rings (SSSR count). The van der Waals surface area contributed by atoms with Gasteiger partial charge in [-0.15, -0.1) is 11.3 Å². The Balaban J connectivity index is 0.000000880. The monoisotopic (exact) mass is 375 g/mol. The number of rotatable bonds is 3. The minimum Gasteiger partial charge on any atom is -0.323 e. The Labute approximate surface area is 153 Å². The molecular weight excluding hydrogens is 361 g/mol. The molecule has 1 aromatic carbocycles. The van der Waals surface area contributed by atoms with E-state index < -0.39 is 0 Å². The van der Waals surface area contributed by atoms with Crippen LogP contribution >= 0.6 is 22.9 Å². The quantitative estimate of drug-likeness (QED) is 0.484. The summed E-state index contributed by atoms with van der Waals surface area (Å²) in [5.74, 6) is 0.935. The molecule has 128 valence electrons. The van der Waals surface area contributed by atoms with Gasteiger partial charge in [-0.1, -0.05) is 13.8 Å². The van der Waals surface area contributed by atoms with Gasteiger partial charge in [0.05, 0.1) is 11.6 Å². The summed E-state index contributed by atoms with van der Waals surface area (Å²) in [6, 6.07) is 8.09. The van der Waals surface area contributed by atoms with Crippen LogP contribution in [0, 0.1) is 5.82 Å². The number of aromatic nitrogens is 4. The maximum Gasteiger partial charge on any atom is 0.225 e. The lowest BCUT2D eigenvalue weighted by atomic mass is 10.3. The highest BCUT2D eigenvalue weighted by molar-refractivity contribution is 7.16. The highest BCUT2D eigenvalue weighted by atomic mass is 35.5. The van der Waals surface area contributed by atoms with E-state index in [9.17, 15) is 4.39 Å². The molecule has 0 amide bonds. The summed E-state index contributed by atoms with van der Waals surface area (Å²) in [5, 5.41) is 6.13. The topological polar surface area (TPSA) is 55.6 Å². The average molecular weight is 376 g/mol. The van der Waals surface area contributed by atoms with Crippen molar-refractivity contribution < 1.29 is 4.39 Å². The Kier molecular flexibility index (Phi) is 5.25. The summed E-state index contributed by atoms with van der Waals surface area (Å²) in [6.45, 7) is 4.00. The molecule has 0 spiro atoms. The maximum atomic E-state index is 13.0.